The molecule has 0 aliphatic carbocycles. The van der Waals surface area contributed by atoms with Gasteiger partial charge in [-0.05, 0) is 30.7 Å². The fraction of sp³-hybridized carbons (Fsp3) is 0.286. The van der Waals surface area contributed by atoms with Gasteiger partial charge in [-0.3, -0.25) is 9.48 Å². The molecule has 1 atom stereocenters. The van der Waals surface area contributed by atoms with Crippen LogP contribution in [0.1, 0.15) is 40.3 Å². The maximum Gasteiger partial charge on any atom is 0.259 e. The quantitative estimate of drug-likeness (QED) is 0.737. The summed E-state index contributed by atoms with van der Waals surface area (Å²) in [5.74, 6) is 0.239. The summed E-state index contributed by atoms with van der Waals surface area (Å²) in [5.41, 5.74) is 2.74. The Hall–Kier alpha value is -3.19. The predicted octanol–water partition coefficient (Wildman–Crippen LogP) is 2.41. The van der Waals surface area contributed by atoms with E-state index in [0.29, 0.717) is 43.4 Å². The molecule has 1 aliphatic heterocycles. The highest BCUT2D eigenvalue weighted by Crippen LogP contribution is 2.25. The molecule has 0 bridgehead atoms. The molecule has 3 aromatic rings. The summed E-state index contributed by atoms with van der Waals surface area (Å²) in [6, 6.07) is 14.8. The Morgan fingerprint density at radius 2 is 2.04 bits per heavy atom. The first-order valence-electron chi connectivity index (χ1n) is 9.34. The van der Waals surface area contributed by atoms with Gasteiger partial charge < -0.3 is 14.7 Å². The third-order valence-corrected chi connectivity index (χ3v) is 4.78. The van der Waals surface area contributed by atoms with Crippen LogP contribution in [0.15, 0.2) is 54.7 Å². The van der Waals surface area contributed by atoms with Crippen molar-refractivity contribution in [2.75, 3.05) is 13.2 Å². The van der Waals surface area contributed by atoms with Crippen LogP contribution in [0.2, 0.25) is 0 Å². The van der Waals surface area contributed by atoms with Crippen molar-refractivity contribution in [2.24, 2.45) is 0 Å². The average Bonchev–Trinajstić information content (AvgIpc) is 3.17. The average molecular weight is 378 g/mol. The summed E-state index contributed by atoms with van der Waals surface area (Å²) < 4.78 is 7.35. The second kappa shape index (κ2) is 7.82. The molecule has 1 amide bonds. The Bertz CT molecular complexity index is 971. The first kappa shape index (κ1) is 18.2. The summed E-state index contributed by atoms with van der Waals surface area (Å²) in [7, 11) is 0. The molecule has 1 aliphatic rings. The largest absolute Gasteiger partial charge is 0.477 e. The lowest BCUT2D eigenvalue weighted by Crippen LogP contribution is -2.38. The first-order valence-corrected chi connectivity index (χ1v) is 9.34. The molecule has 28 heavy (non-hydrogen) atoms. The van der Waals surface area contributed by atoms with Crippen LogP contribution in [0.25, 0.3) is 0 Å². The third kappa shape index (κ3) is 3.48. The van der Waals surface area contributed by atoms with E-state index in [1.165, 1.54) is 0 Å². The van der Waals surface area contributed by atoms with Gasteiger partial charge in [-0.1, -0.05) is 30.3 Å². The molecule has 1 aromatic carbocycles. The predicted molar refractivity (Wildman–Crippen MR) is 103 cm³/mol. The van der Waals surface area contributed by atoms with Crippen molar-refractivity contribution in [3.05, 3.63) is 77.2 Å². The number of aliphatic hydroxyl groups is 1. The van der Waals surface area contributed by atoms with Gasteiger partial charge in [0.2, 0.25) is 5.88 Å². The zero-order chi connectivity index (χ0) is 19.5. The maximum atomic E-state index is 13.0. The molecule has 7 heteroatoms. The van der Waals surface area contributed by atoms with Crippen molar-refractivity contribution >= 4 is 5.91 Å². The number of aliphatic hydroxyl groups excluding tert-OH is 1. The van der Waals surface area contributed by atoms with Crippen LogP contribution >= 0.6 is 0 Å². The minimum absolute atomic E-state index is 0.117. The second-order valence-electron chi connectivity index (χ2n) is 6.61. The molecule has 1 N–H and O–H groups in total. The number of nitrogens with zero attached hydrogens (tertiary/aromatic N) is 4. The minimum atomic E-state index is -0.786. The number of pyridine rings is 1. The maximum absolute atomic E-state index is 13.0. The van der Waals surface area contributed by atoms with Crippen molar-refractivity contribution in [1.82, 2.24) is 19.7 Å². The molecule has 0 unspecified atom stereocenters. The number of carbonyl (C=O) groups is 1. The van der Waals surface area contributed by atoms with Gasteiger partial charge in [0.15, 0.2) is 0 Å². The molecule has 3 heterocycles. The van der Waals surface area contributed by atoms with Gasteiger partial charge in [0.05, 0.1) is 31.1 Å². The van der Waals surface area contributed by atoms with Crippen LogP contribution in [0.3, 0.4) is 0 Å². The summed E-state index contributed by atoms with van der Waals surface area (Å²) in [6.45, 7) is 3.85. The number of aromatic nitrogens is 3. The number of fused-ring (bicyclic) bond motifs is 1. The molecule has 0 radical (unpaired) electrons. The van der Waals surface area contributed by atoms with Crippen molar-refractivity contribution in [1.29, 1.82) is 0 Å². The topological polar surface area (TPSA) is 80.5 Å². The normalized spacial score (nSPS) is 14.4. The van der Waals surface area contributed by atoms with Gasteiger partial charge in [0, 0.05) is 12.7 Å². The lowest BCUT2D eigenvalue weighted by atomic mass is 10.1. The number of benzene rings is 1. The smallest absolute Gasteiger partial charge is 0.259 e. The van der Waals surface area contributed by atoms with Gasteiger partial charge in [-0.15, -0.1) is 0 Å². The van der Waals surface area contributed by atoms with E-state index >= 15 is 0 Å². The van der Waals surface area contributed by atoms with Gasteiger partial charge >= 0.3 is 0 Å². The van der Waals surface area contributed by atoms with Crippen molar-refractivity contribution in [3.8, 4) is 5.88 Å². The van der Waals surface area contributed by atoms with E-state index < -0.39 is 6.10 Å². The SMILES string of the molecule is CCOc1ncccc1C(=O)N1CCn2nc([C@H](O)c3ccccc3)cc2C1. The van der Waals surface area contributed by atoms with Crippen molar-refractivity contribution in [2.45, 2.75) is 26.1 Å². The zero-order valence-corrected chi connectivity index (χ0v) is 15.7. The van der Waals surface area contributed by atoms with Crippen LogP contribution in [0.4, 0.5) is 0 Å². The molecule has 0 spiro atoms. The summed E-state index contributed by atoms with van der Waals surface area (Å²) in [6.07, 6.45) is 0.830. The molecule has 0 saturated carbocycles. The highest BCUT2D eigenvalue weighted by molar-refractivity contribution is 5.96. The van der Waals surface area contributed by atoms with E-state index in [1.54, 1.807) is 23.2 Å². The summed E-state index contributed by atoms with van der Waals surface area (Å²) >= 11 is 0. The molecule has 0 fully saturated rings. The first-order chi connectivity index (χ1) is 13.7. The minimum Gasteiger partial charge on any atom is -0.477 e. The molecular weight excluding hydrogens is 356 g/mol. The lowest BCUT2D eigenvalue weighted by molar-refractivity contribution is 0.0700. The fourth-order valence-corrected chi connectivity index (χ4v) is 3.38. The molecule has 4 rings (SSSR count). The number of ether oxygens (including phenoxy) is 1. The van der Waals surface area contributed by atoms with Crippen molar-refractivity contribution in [3.63, 3.8) is 0 Å². The highest BCUT2D eigenvalue weighted by atomic mass is 16.5. The number of carbonyl (C=O) groups excluding carboxylic acids is 1. The molecule has 0 saturated heterocycles. The Labute approximate surface area is 163 Å². The van der Waals surface area contributed by atoms with E-state index in [-0.39, 0.29) is 5.91 Å². The fourth-order valence-electron chi connectivity index (χ4n) is 3.38. The zero-order valence-electron chi connectivity index (χ0n) is 15.7. The van der Waals surface area contributed by atoms with E-state index in [1.807, 2.05) is 48.0 Å². The van der Waals surface area contributed by atoms with Crippen LogP contribution in [0, 0.1) is 0 Å². The molecular formula is C21H22N4O3. The van der Waals surface area contributed by atoms with Crippen molar-refractivity contribution < 1.29 is 14.6 Å². The Balaban J connectivity index is 1.54. The van der Waals surface area contributed by atoms with Gasteiger partial charge in [0.25, 0.3) is 5.91 Å². The monoisotopic (exact) mass is 378 g/mol. The number of hydrogen-bond acceptors (Lipinski definition) is 5. The van der Waals surface area contributed by atoms with Crippen LogP contribution in [-0.4, -0.2) is 43.8 Å². The van der Waals surface area contributed by atoms with Crippen LogP contribution in [-0.2, 0) is 13.1 Å². The third-order valence-electron chi connectivity index (χ3n) is 4.78. The Morgan fingerprint density at radius 1 is 1.21 bits per heavy atom. The van der Waals surface area contributed by atoms with Gasteiger partial charge in [0.1, 0.15) is 11.7 Å². The van der Waals surface area contributed by atoms with E-state index in [9.17, 15) is 9.90 Å². The Morgan fingerprint density at radius 3 is 2.82 bits per heavy atom. The molecule has 2 aromatic heterocycles. The summed E-state index contributed by atoms with van der Waals surface area (Å²) in [5, 5.41) is 15.1. The van der Waals surface area contributed by atoms with E-state index in [0.717, 1.165) is 11.3 Å². The van der Waals surface area contributed by atoms with Crippen LogP contribution < -0.4 is 4.74 Å². The highest BCUT2D eigenvalue weighted by Gasteiger charge is 2.27. The number of hydrogen-bond donors (Lipinski definition) is 1. The van der Waals surface area contributed by atoms with Crippen LogP contribution in [0.5, 0.6) is 5.88 Å². The summed E-state index contributed by atoms with van der Waals surface area (Å²) in [4.78, 5) is 18.9. The van der Waals surface area contributed by atoms with E-state index in [2.05, 4.69) is 10.1 Å². The number of rotatable bonds is 5. The standard InChI is InChI=1S/C21H22N4O3/c1-2-28-20-17(9-6-10-22-20)21(27)24-11-12-25-16(14-24)13-18(23-25)19(26)15-7-4-3-5-8-15/h3-10,13,19,26H,2,11-12,14H2,1H3/t19-/m1/s1. The number of amides is 1. The van der Waals surface area contributed by atoms with E-state index in [4.69, 9.17) is 4.74 Å². The second-order valence-corrected chi connectivity index (χ2v) is 6.61. The Kier molecular flexibility index (Phi) is 5.08. The molecule has 144 valence electrons. The van der Waals surface area contributed by atoms with Gasteiger partial charge in [-0.25, -0.2) is 4.98 Å². The molecule has 7 nitrogen and oxygen atoms in total. The van der Waals surface area contributed by atoms with Gasteiger partial charge in [-0.2, -0.15) is 5.10 Å². The lowest BCUT2D eigenvalue weighted by Gasteiger charge is -2.28.